The fourth-order valence-electron chi connectivity index (χ4n) is 2.33. The summed E-state index contributed by atoms with van der Waals surface area (Å²) in [4.78, 5) is 14.2. The van der Waals surface area contributed by atoms with Gasteiger partial charge in [0.2, 0.25) is 0 Å². The molecule has 1 N–H and O–H groups in total. The van der Waals surface area contributed by atoms with E-state index >= 15 is 0 Å². The molecule has 0 saturated heterocycles. The summed E-state index contributed by atoms with van der Waals surface area (Å²) in [5.74, 6) is 0.712. The number of methoxy groups -OCH3 is 1. The van der Waals surface area contributed by atoms with Gasteiger partial charge >= 0.3 is 6.09 Å². The molecule has 0 fully saturated rings. The lowest BCUT2D eigenvalue weighted by atomic mass is 9.99. The van der Waals surface area contributed by atoms with Crippen molar-refractivity contribution in [3.8, 4) is 5.75 Å². The molecule has 2 rings (SSSR count). The Kier molecular flexibility index (Phi) is 3.78. The number of nitrogens with one attached hydrogen (secondary N) is 1. The van der Waals surface area contributed by atoms with E-state index in [9.17, 15) is 4.79 Å². The number of fused-ring (bicyclic) bond motifs is 1. The second-order valence-electron chi connectivity index (χ2n) is 6.96. The van der Waals surface area contributed by atoms with Gasteiger partial charge in [0.15, 0.2) is 0 Å². The van der Waals surface area contributed by atoms with Gasteiger partial charge in [-0.2, -0.15) is 0 Å². The largest absolute Gasteiger partial charge is 0.497 e. The van der Waals surface area contributed by atoms with E-state index in [2.05, 4.69) is 19.2 Å². The second kappa shape index (κ2) is 5.13. The van der Waals surface area contributed by atoms with E-state index in [1.165, 1.54) is 0 Å². The molecule has 1 heterocycles. The minimum absolute atomic E-state index is 0.224. The van der Waals surface area contributed by atoms with E-state index < -0.39 is 5.60 Å². The van der Waals surface area contributed by atoms with Crippen LogP contribution in [0, 0.1) is 0 Å². The van der Waals surface area contributed by atoms with Crippen molar-refractivity contribution >= 4 is 17.5 Å². The molecule has 21 heavy (non-hydrogen) atoms. The first-order chi connectivity index (χ1) is 9.61. The summed E-state index contributed by atoms with van der Waals surface area (Å²) in [7, 11) is 1.61. The smallest absolute Gasteiger partial charge is 0.414 e. The number of ether oxygens (including phenoxy) is 2. The molecule has 1 aromatic carbocycles. The summed E-state index contributed by atoms with van der Waals surface area (Å²) in [6, 6.07) is 5.65. The summed E-state index contributed by atoms with van der Waals surface area (Å²) in [6.45, 7) is 10.2. The zero-order valence-corrected chi connectivity index (χ0v) is 13.6. The molecule has 5 nitrogen and oxygen atoms in total. The first-order valence-corrected chi connectivity index (χ1v) is 7.08. The molecule has 0 aliphatic carbocycles. The average Bonchev–Trinajstić information content (AvgIpc) is 2.34. The Morgan fingerprint density at radius 2 is 2.00 bits per heavy atom. The molecule has 5 heteroatoms. The number of anilines is 2. The monoisotopic (exact) mass is 292 g/mol. The van der Waals surface area contributed by atoms with Gasteiger partial charge in [-0.15, -0.1) is 0 Å². The lowest BCUT2D eigenvalue weighted by Gasteiger charge is -2.41. The first kappa shape index (κ1) is 15.5. The van der Waals surface area contributed by atoms with Gasteiger partial charge in [-0.25, -0.2) is 4.79 Å². The van der Waals surface area contributed by atoms with Crippen molar-refractivity contribution < 1.29 is 14.3 Å². The van der Waals surface area contributed by atoms with Crippen LogP contribution in [-0.4, -0.2) is 30.9 Å². The zero-order valence-electron chi connectivity index (χ0n) is 13.6. The van der Waals surface area contributed by atoms with Crippen LogP contribution in [0.1, 0.15) is 34.6 Å². The van der Waals surface area contributed by atoms with Crippen LogP contribution >= 0.6 is 0 Å². The van der Waals surface area contributed by atoms with Crippen molar-refractivity contribution in [1.29, 1.82) is 0 Å². The summed E-state index contributed by atoms with van der Waals surface area (Å²) >= 11 is 0. The Hall–Kier alpha value is -1.91. The Labute approximate surface area is 126 Å². The molecule has 0 bridgehead atoms. The number of hydrogen-bond acceptors (Lipinski definition) is 4. The number of carbonyl (C=O) groups is 1. The van der Waals surface area contributed by atoms with E-state index in [0.29, 0.717) is 12.3 Å². The lowest BCUT2D eigenvalue weighted by molar-refractivity contribution is 0.0573. The van der Waals surface area contributed by atoms with Crippen LogP contribution in [-0.2, 0) is 4.74 Å². The molecule has 1 aromatic rings. The molecule has 0 saturated carbocycles. The molecule has 0 aromatic heterocycles. The standard InChI is InChI=1S/C16H24N2O3/c1-15(2,3)21-14(19)18-10-16(4,5)17-12-8-7-11(20-6)9-13(12)18/h7-9,17H,10H2,1-6H3. The van der Waals surface area contributed by atoms with Crippen molar-refractivity contribution in [2.24, 2.45) is 0 Å². The molecule has 1 aliphatic rings. The van der Waals surface area contributed by atoms with Gasteiger partial charge in [-0.05, 0) is 46.8 Å². The minimum atomic E-state index is -0.523. The van der Waals surface area contributed by atoms with E-state index in [4.69, 9.17) is 9.47 Å². The van der Waals surface area contributed by atoms with Gasteiger partial charge in [0.05, 0.1) is 25.0 Å². The zero-order chi connectivity index (χ0) is 15.8. The number of nitrogens with zero attached hydrogens (tertiary/aromatic N) is 1. The van der Waals surface area contributed by atoms with Crippen LogP contribution in [0.4, 0.5) is 16.2 Å². The van der Waals surface area contributed by atoms with E-state index in [1.807, 2.05) is 39.0 Å². The summed E-state index contributed by atoms with van der Waals surface area (Å²) in [5.41, 5.74) is 0.935. The molecular weight excluding hydrogens is 268 g/mol. The predicted octanol–water partition coefficient (Wildman–Crippen LogP) is 3.64. The van der Waals surface area contributed by atoms with Crippen molar-refractivity contribution in [1.82, 2.24) is 0 Å². The Morgan fingerprint density at radius 3 is 2.57 bits per heavy atom. The number of carbonyl (C=O) groups excluding carboxylic acids is 1. The fourth-order valence-corrected chi connectivity index (χ4v) is 2.33. The van der Waals surface area contributed by atoms with Crippen molar-refractivity contribution in [3.05, 3.63) is 18.2 Å². The molecular formula is C16H24N2O3. The van der Waals surface area contributed by atoms with Crippen LogP contribution in [0.3, 0.4) is 0 Å². The van der Waals surface area contributed by atoms with Gasteiger partial charge in [-0.1, -0.05) is 0 Å². The second-order valence-corrected chi connectivity index (χ2v) is 6.96. The highest BCUT2D eigenvalue weighted by atomic mass is 16.6. The van der Waals surface area contributed by atoms with Gasteiger partial charge in [0.25, 0.3) is 0 Å². The van der Waals surface area contributed by atoms with Crippen LogP contribution < -0.4 is 15.0 Å². The molecule has 1 amide bonds. The number of amides is 1. The Balaban J connectivity index is 2.39. The Bertz CT molecular complexity index is 547. The van der Waals surface area contributed by atoms with Gasteiger partial charge in [0, 0.05) is 11.6 Å². The quantitative estimate of drug-likeness (QED) is 0.858. The van der Waals surface area contributed by atoms with Gasteiger partial charge in [-0.3, -0.25) is 4.90 Å². The maximum absolute atomic E-state index is 12.5. The van der Waals surface area contributed by atoms with E-state index in [-0.39, 0.29) is 11.6 Å². The number of rotatable bonds is 1. The summed E-state index contributed by atoms with van der Waals surface area (Å²) in [6.07, 6.45) is -0.341. The third-order valence-corrected chi connectivity index (χ3v) is 3.14. The van der Waals surface area contributed by atoms with E-state index in [0.717, 1.165) is 11.4 Å². The van der Waals surface area contributed by atoms with Gasteiger partial charge in [0.1, 0.15) is 11.4 Å². The van der Waals surface area contributed by atoms with Crippen LogP contribution in [0.15, 0.2) is 18.2 Å². The van der Waals surface area contributed by atoms with Crippen molar-refractivity contribution in [2.45, 2.75) is 45.8 Å². The average molecular weight is 292 g/mol. The fraction of sp³-hybridized carbons (Fsp3) is 0.562. The highest BCUT2D eigenvalue weighted by molar-refractivity contribution is 5.94. The predicted molar refractivity (Wildman–Crippen MR) is 84.3 cm³/mol. The molecule has 0 unspecified atom stereocenters. The van der Waals surface area contributed by atoms with Crippen molar-refractivity contribution in [2.75, 3.05) is 23.9 Å². The molecule has 116 valence electrons. The molecule has 1 aliphatic heterocycles. The summed E-state index contributed by atoms with van der Waals surface area (Å²) in [5, 5.41) is 3.43. The molecule has 0 radical (unpaired) electrons. The SMILES string of the molecule is COc1ccc2c(c1)N(C(=O)OC(C)(C)C)CC(C)(C)N2. The van der Waals surface area contributed by atoms with Crippen LogP contribution in [0.25, 0.3) is 0 Å². The minimum Gasteiger partial charge on any atom is -0.497 e. The Morgan fingerprint density at radius 1 is 1.33 bits per heavy atom. The number of hydrogen-bond donors (Lipinski definition) is 1. The third-order valence-electron chi connectivity index (χ3n) is 3.14. The normalized spacial score (nSPS) is 16.8. The highest BCUT2D eigenvalue weighted by Gasteiger charge is 2.35. The molecule has 0 atom stereocenters. The van der Waals surface area contributed by atoms with Gasteiger partial charge < -0.3 is 14.8 Å². The van der Waals surface area contributed by atoms with Crippen LogP contribution in [0.5, 0.6) is 5.75 Å². The highest BCUT2D eigenvalue weighted by Crippen LogP contribution is 2.37. The third kappa shape index (κ3) is 3.60. The van der Waals surface area contributed by atoms with Crippen LogP contribution in [0.2, 0.25) is 0 Å². The summed E-state index contributed by atoms with van der Waals surface area (Å²) < 4.78 is 10.8. The maximum Gasteiger partial charge on any atom is 0.414 e. The molecule has 0 spiro atoms. The maximum atomic E-state index is 12.5. The van der Waals surface area contributed by atoms with Crippen molar-refractivity contribution in [3.63, 3.8) is 0 Å². The first-order valence-electron chi connectivity index (χ1n) is 7.08. The topological polar surface area (TPSA) is 50.8 Å². The number of benzene rings is 1. The van der Waals surface area contributed by atoms with E-state index in [1.54, 1.807) is 12.0 Å². The lowest BCUT2D eigenvalue weighted by Crippen LogP contribution is -2.51.